The quantitative estimate of drug-likeness (QED) is 0.664. The molecule has 2 aromatic carbocycles. The largest absolute Gasteiger partial charge is 0.478 e. The van der Waals surface area contributed by atoms with Crippen LogP contribution in [0.5, 0.6) is 0 Å². The van der Waals surface area contributed by atoms with Crippen molar-refractivity contribution in [1.82, 2.24) is 0 Å². The van der Waals surface area contributed by atoms with Crippen LogP contribution >= 0.6 is 0 Å². The average Bonchev–Trinajstić information content (AvgIpc) is 2.48. The maximum absolute atomic E-state index is 10.6. The van der Waals surface area contributed by atoms with Gasteiger partial charge in [-0.25, -0.2) is 9.59 Å². The van der Waals surface area contributed by atoms with Crippen LogP contribution in [0, 0.1) is 17.0 Å². The van der Waals surface area contributed by atoms with Crippen molar-refractivity contribution in [3.8, 4) is 0 Å². The topological polar surface area (TPSA) is 118 Å². The van der Waals surface area contributed by atoms with Crippen LogP contribution in [-0.2, 0) is 0 Å². The van der Waals surface area contributed by atoms with Crippen molar-refractivity contribution < 1.29 is 24.7 Å². The van der Waals surface area contributed by atoms with Gasteiger partial charge >= 0.3 is 11.9 Å². The van der Waals surface area contributed by atoms with Gasteiger partial charge in [0.2, 0.25) is 0 Å². The van der Waals surface area contributed by atoms with Crippen molar-refractivity contribution in [3.05, 3.63) is 75.3 Å². The standard InChI is InChI=1S/C9H8O4.C6H5NO2/c1-5-6(8(10)11)3-2-4-7(5)9(12)13;8-7(9)6-4-2-1-3-5-6/h2-4H,1H3,(H,10,11)(H,12,13);1-5H. The van der Waals surface area contributed by atoms with Gasteiger partial charge in [0.15, 0.2) is 0 Å². The monoisotopic (exact) mass is 303 g/mol. The Morgan fingerprint density at radius 1 is 0.909 bits per heavy atom. The van der Waals surface area contributed by atoms with Crippen LogP contribution in [0.25, 0.3) is 0 Å². The number of nitro groups is 1. The summed E-state index contributed by atoms with van der Waals surface area (Å²) in [7, 11) is 0. The van der Waals surface area contributed by atoms with Crippen LogP contribution in [0.2, 0.25) is 0 Å². The van der Waals surface area contributed by atoms with E-state index >= 15 is 0 Å². The zero-order valence-electron chi connectivity index (χ0n) is 11.6. The predicted octanol–water partition coefficient (Wildman–Crippen LogP) is 2.99. The number of nitro benzene ring substituents is 1. The Labute approximate surface area is 125 Å². The molecule has 0 saturated heterocycles. The summed E-state index contributed by atoms with van der Waals surface area (Å²) in [5, 5.41) is 27.4. The molecule has 0 bridgehead atoms. The van der Waals surface area contributed by atoms with Crippen LogP contribution in [0.4, 0.5) is 5.69 Å². The normalized spacial score (nSPS) is 9.32. The number of carboxylic acid groups (broad SMARTS) is 2. The third kappa shape index (κ3) is 4.41. The molecule has 0 aliphatic carbocycles. The first-order valence-corrected chi connectivity index (χ1v) is 6.10. The number of rotatable bonds is 3. The highest BCUT2D eigenvalue weighted by molar-refractivity contribution is 5.96. The molecule has 114 valence electrons. The van der Waals surface area contributed by atoms with E-state index in [1.165, 1.54) is 37.3 Å². The summed E-state index contributed by atoms with van der Waals surface area (Å²) < 4.78 is 0. The smallest absolute Gasteiger partial charge is 0.335 e. The van der Waals surface area contributed by atoms with E-state index in [1.807, 2.05) is 0 Å². The van der Waals surface area contributed by atoms with E-state index in [0.29, 0.717) is 0 Å². The molecule has 0 spiro atoms. The van der Waals surface area contributed by atoms with E-state index in [2.05, 4.69) is 0 Å². The van der Waals surface area contributed by atoms with Crippen LogP contribution in [-0.4, -0.2) is 27.1 Å². The summed E-state index contributed by atoms with van der Waals surface area (Å²) in [4.78, 5) is 30.8. The second kappa shape index (κ2) is 7.53. The first-order valence-electron chi connectivity index (χ1n) is 6.10. The Hall–Kier alpha value is -3.22. The Morgan fingerprint density at radius 2 is 1.36 bits per heavy atom. The van der Waals surface area contributed by atoms with Gasteiger partial charge in [-0.3, -0.25) is 10.1 Å². The van der Waals surface area contributed by atoms with Gasteiger partial charge in [0, 0.05) is 12.1 Å². The van der Waals surface area contributed by atoms with Crippen molar-refractivity contribution in [3.63, 3.8) is 0 Å². The van der Waals surface area contributed by atoms with E-state index in [0.717, 1.165) is 0 Å². The lowest BCUT2D eigenvalue weighted by molar-refractivity contribution is -0.384. The van der Waals surface area contributed by atoms with Crippen LogP contribution in [0.3, 0.4) is 0 Å². The molecular formula is C15H13NO6. The molecule has 0 amide bonds. The van der Waals surface area contributed by atoms with E-state index in [1.54, 1.807) is 18.2 Å². The third-order valence-corrected chi connectivity index (χ3v) is 2.76. The summed E-state index contributed by atoms with van der Waals surface area (Å²) in [5.41, 5.74) is 0.472. The Morgan fingerprint density at radius 3 is 1.68 bits per heavy atom. The lowest BCUT2D eigenvalue weighted by Crippen LogP contribution is -2.06. The van der Waals surface area contributed by atoms with Crippen LogP contribution in [0.15, 0.2) is 48.5 Å². The molecule has 7 heteroatoms. The summed E-state index contributed by atoms with van der Waals surface area (Å²) in [6.07, 6.45) is 0. The molecular weight excluding hydrogens is 290 g/mol. The zero-order chi connectivity index (χ0) is 16.7. The summed E-state index contributed by atoms with van der Waals surface area (Å²) in [6, 6.07) is 12.1. The highest BCUT2D eigenvalue weighted by Gasteiger charge is 2.13. The molecule has 22 heavy (non-hydrogen) atoms. The molecule has 0 fully saturated rings. The Kier molecular flexibility index (Phi) is 5.76. The fourth-order valence-corrected chi connectivity index (χ4v) is 1.65. The SMILES string of the molecule is Cc1c(C(=O)O)cccc1C(=O)O.O=[N+]([O-])c1ccccc1. The Bertz CT molecular complexity index is 664. The van der Waals surface area contributed by atoms with Crippen molar-refractivity contribution in [2.75, 3.05) is 0 Å². The van der Waals surface area contributed by atoms with E-state index in [4.69, 9.17) is 10.2 Å². The van der Waals surface area contributed by atoms with Crippen molar-refractivity contribution in [2.45, 2.75) is 6.92 Å². The van der Waals surface area contributed by atoms with Crippen molar-refractivity contribution >= 4 is 17.6 Å². The van der Waals surface area contributed by atoms with Gasteiger partial charge in [-0.1, -0.05) is 24.3 Å². The average molecular weight is 303 g/mol. The zero-order valence-corrected chi connectivity index (χ0v) is 11.6. The number of hydrogen-bond donors (Lipinski definition) is 2. The van der Waals surface area contributed by atoms with Gasteiger partial charge in [-0.2, -0.15) is 0 Å². The number of nitrogens with zero attached hydrogens (tertiary/aromatic N) is 1. The predicted molar refractivity (Wildman–Crippen MR) is 78.2 cm³/mol. The number of carboxylic acids is 2. The van der Waals surface area contributed by atoms with Gasteiger partial charge in [0.05, 0.1) is 16.1 Å². The summed E-state index contributed by atoms with van der Waals surface area (Å²) in [5.74, 6) is -2.22. The molecule has 0 atom stereocenters. The number of aromatic carboxylic acids is 2. The number of hydrogen-bond acceptors (Lipinski definition) is 4. The number of benzene rings is 2. The highest BCUT2D eigenvalue weighted by Crippen LogP contribution is 2.13. The second-order valence-corrected chi connectivity index (χ2v) is 4.18. The van der Waals surface area contributed by atoms with Gasteiger partial charge in [-0.05, 0) is 24.6 Å². The molecule has 2 N–H and O–H groups in total. The van der Waals surface area contributed by atoms with Crippen LogP contribution < -0.4 is 0 Å². The van der Waals surface area contributed by atoms with Crippen molar-refractivity contribution in [1.29, 1.82) is 0 Å². The minimum absolute atomic E-state index is 0.0277. The first-order chi connectivity index (χ1) is 10.3. The van der Waals surface area contributed by atoms with E-state index < -0.39 is 16.9 Å². The second-order valence-electron chi connectivity index (χ2n) is 4.18. The molecule has 0 radical (unpaired) electrons. The van der Waals surface area contributed by atoms with Gasteiger partial charge in [0.25, 0.3) is 5.69 Å². The van der Waals surface area contributed by atoms with E-state index in [9.17, 15) is 19.7 Å². The van der Waals surface area contributed by atoms with Gasteiger partial charge in [-0.15, -0.1) is 0 Å². The minimum atomic E-state index is -1.11. The number of non-ortho nitro benzene ring substituents is 1. The number of para-hydroxylation sites is 1. The maximum Gasteiger partial charge on any atom is 0.335 e. The highest BCUT2D eigenvalue weighted by atomic mass is 16.6. The molecule has 2 aromatic rings. The molecule has 0 saturated carbocycles. The molecule has 0 unspecified atom stereocenters. The van der Waals surface area contributed by atoms with Crippen molar-refractivity contribution in [2.24, 2.45) is 0 Å². The lowest BCUT2D eigenvalue weighted by Gasteiger charge is -2.03. The van der Waals surface area contributed by atoms with Gasteiger partial charge in [0.1, 0.15) is 0 Å². The third-order valence-electron chi connectivity index (χ3n) is 2.76. The fraction of sp³-hybridized carbons (Fsp3) is 0.0667. The first kappa shape index (κ1) is 16.8. The molecule has 0 aromatic heterocycles. The molecule has 2 rings (SSSR count). The van der Waals surface area contributed by atoms with E-state index in [-0.39, 0.29) is 22.4 Å². The molecule has 0 heterocycles. The summed E-state index contributed by atoms with van der Waals surface area (Å²) >= 11 is 0. The summed E-state index contributed by atoms with van der Waals surface area (Å²) in [6.45, 7) is 1.48. The van der Waals surface area contributed by atoms with Gasteiger partial charge < -0.3 is 10.2 Å². The number of carbonyl (C=O) groups is 2. The Balaban J connectivity index is 0.000000235. The van der Waals surface area contributed by atoms with Crippen LogP contribution in [0.1, 0.15) is 26.3 Å². The maximum atomic E-state index is 10.6. The molecule has 7 nitrogen and oxygen atoms in total. The minimum Gasteiger partial charge on any atom is -0.478 e. The lowest BCUT2D eigenvalue weighted by atomic mass is 10.0. The molecule has 0 aliphatic rings. The fourth-order valence-electron chi connectivity index (χ4n) is 1.65. The molecule has 0 aliphatic heterocycles.